The van der Waals surface area contributed by atoms with E-state index in [0.717, 1.165) is 5.56 Å². The van der Waals surface area contributed by atoms with E-state index in [9.17, 15) is 9.90 Å². The van der Waals surface area contributed by atoms with Crippen molar-refractivity contribution in [3.8, 4) is 17.2 Å². The quantitative estimate of drug-likeness (QED) is 0.872. The summed E-state index contributed by atoms with van der Waals surface area (Å²) in [7, 11) is 3.02. The van der Waals surface area contributed by atoms with Gasteiger partial charge in [0.05, 0.1) is 31.5 Å². The van der Waals surface area contributed by atoms with Gasteiger partial charge in [0.15, 0.2) is 6.29 Å². The van der Waals surface area contributed by atoms with Crippen molar-refractivity contribution >= 4 is 6.29 Å². The standard InChI is InChI=1S/C19H20O5/c1-11-17(22-2)13(10-20)19-16(18(11)23-3)14(21)9-15(24-19)12-7-5-4-6-8-12/h4-8,10,14-15,21H,9H2,1-3H3/t14-,15+/m1/s1. The fraction of sp³-hybridized carbons (Fsp3) is 0.316. The van der Waals surface area contributed by atoms with Crippen LogP contribution in [0.4, 0.5) is 0 Å². The van der Waals surface area contributed by atoms with Gasteiger partial charge < -0.3 is 19.3 Å². The Morgan fingerprint density at radius 1 is 1.17 bits per heavy atom. The Hall–Kier alpha value is -2.53. The average Bonchev–Trinajstić information content (AvgIpc) is 2.61. The zero-order valence-corrected chi connectivity index (χ0v) is 13.9. The highest BCUT2D eigenvalue weighted by molar-refractivity contribution is 5.87. The van der Waals surface area contributed by atoms with Gasteiger partial charge in [0.25, 0.3) is 0 Å². The highest BCUT2D eigenvalue weighted by Gasteiger charge is 2.35. The Balaban J connectivity index is 2.19. The first kappa shape index (κ1) is 16.3. The maximum absolute atomic E-state index is 11.7. The van der Waals surface area contributed by atoms with Gasteiger partial charge in [-0.15, -0.1) is 0 Å². The van der Waals surface area contributed by atoms with E-state index in [1.165, 1.54) is 14.2 Å². The van der Waals surface area contributed by atoms with Crippen LogP contribution in [0, 0.1) is 6.92 Å². The number of methoxy groups -OCH3 is 2. The summed E-state index contributed by atoms with van der Waals surface area (Å²) in [5.74, 6) is 1.23. The predicted octanol–water partition coefficient (Wildman–Crippen LogP) is 3.38. The van der Waals surface area contributed by atoms with Gasteiger partial charge in [-0.05, 0) is 12.5 Å². The van der Waals surface area contributed by atoms with E-state index in [-0.39, 0.29) is 6.10 Å². The van der Waals surface area contributed by atoms with E-state index in [4.69, 9.17) is 14.2 Å². The fourth-order valence-electron chi connectivity index (χ4n) is 3.30. The maximum atomic E-state index is 11.7. The molecule has 0 radical (unpaired) electrons. The Morgan fingerprint density at radius 2 is 1.83 bits per heavy atom. The number of carbonyl (C=O) groups is 1. The zero-order chi connectivity index (χ0) is 17.3. The molecule has 5 heteroatoms. The van der Waals surface area contributed by atoms with Crippen molar-refractivity contribution in [3.63, 3.8) is 0 Å². The molecule has 24 heavy (non-hydrogen) atoms. The van der Waals surface area contributed by atoms with E-state index < -0.39 is 6.10 Å². The molecule has 0 fully saturated rings. The highest BCUT2D eigenvalue weighted by atomic mass is 16.5. The number of benzene rings is 2. The summed E-state index contributed by atoms with van der Waals surface area (Å²) in [6.45, 7) is 1.79. The third kappa shape index (κ3) is 2.51. The molecule has 2 aromatic carbocycles. The van der Waals surface area contributed by atoms with Crippen molar-refractivity contribution in [2.45, 2.75) is 25.6 Å². The van der Waals surface area contributed by atoms with Crippen LogP contribution in [0.1, 0.15) is 45.7 Å². The van der Waals surface area contributed by atoms with Crippen LogP contribution in [-0.2, 0) is 0 Å². The van der Waals surface area contributed by atoms with Crippen LogP contribution in [-0.4, -0.2) is 25.6 Å². The molecule has 0 spiro atoms. The van der Waals surface area contributed by atoms with Gasteiger partial charge in [-0.1, -0.05) is 30.3 Å². The fourth-order valence-corrected chi connectivity index (χ4v) is 3.30. The van der Waals surface area contributed by atoms with Crippen molar-refractivity contribution in [3.05, 3.63) is 52.6 Å². The lowest BCUT2D eigenvalue weighted by molar-refractivity contribution is 0.0619. The van der Waals surface area contributed by atoms with E-state index >= 15 is 0 Å². The van der Waals surface area contributed by atoms with Crippen molar-refractivity contribution < 1.29 is 24.1 Å². The molecule has 0 saturated carbocycles. The minimum atomic E-state index is -0.794. The molecule has 0 unspecified atom stereocenters. The van der Waals surface area contributed by atoms with Gasteiger partial charge in [0.1, 0.15) is 23.4 Å². The molecular formula is C19H20O5. The number of hydrogen-bond donors (Lipinski definition) is 1. The Kier molecular flexibility index (Phi) is 4.44. The maximum Gasteiger partial charge on any atom is 0.157 e. The summed E-state index contributed by atoms with van der Waals surface area (Å²) in [6, 6.07) is 9.62. The first-order chi connectivity index (χ1) is 11.6. The second-order valence-electron chi connectivity index (χ2n) is 5.73. The van der Waals surface area contributed by atoms with Gasteiger partial charge in [-0.2, -0.15) is 0 Å². The number of aliphatic hydroxyl groups excluding tert-OH is 1. The van der Waals surface area contributed by atoms with Crippen molar-refractivity contribution in [1.82, 2.24) is 0 Å². The third-order valence-corrected chi connectivity index (χ3v) is 4.39. The summed E-state index contributed by atoms with van der Waals surface area (Å²) in [6.07, 6.45) is -0.0523. The monoisotopic (exact) mass is 328 g/mol. The van der Waals surface area contributed by atoms with Gasteiger partial charge in [0.2, 0.25) is 0 Å². The van der Waals surface area contributed by atoms with E-state index in [2.05, 4.69) is 0 Å². The number of rotatable bonds is 4. The number of aldehydes is 1. The lowest BCUT2D eigenvalue weighted by atomic mass is 9.90. The molecule has 0 amide bonds. The summed E-state index contributed by atoms with van der Waals surface area (Å²) < 4.78 is 16.9. The first-order valence-corrected chi connectivity index (χ1v) is 7.75. The highest BCUT2D eigenvalue weighted by Crippen LogP contribution is 2.51. The molecule has 0 saturated heterocycles. The van der Waals surface area contributed by atoms with Crippen LogP contribution in [0.2, 0.25) is 0 Å². The number of aliphatic hydroxyl groups is 1. The lowest BCUT2D eigenvalue weighted by Crippen LogP contribution is -2.22. The average molecular weight is 328 g/mol. The molecule has 3 rings (SSSR count). The van der Waals surface area contributed by atoms with Crippen LogP contribution in [0.3, 0.4) is 0 Å². The smallest absolute Gasteiger partial charge is 0.157 e. The molecule has 0 aromatic heterocycles. The van der Waals surface area contributed by atoms with Crippen LogP contribution in [0.5, 0.6) is 17.2 Å². The van der Waals surface area contributed by atoms with Crippen LogP contribution in [0.15, 0.2) is 30.3 Å². The molecule has 1 aliphatic rings. The topological polar surface area (TPSA) is 65.0 Å². The molecule has 1 aliphatic heterocycles. The van der Waals surface area contributed by atoms with Gasteiger partial charge >= 0.3 is 0 Å². The summed E-state index contributed by atoms with van der Waals surface area (Å²) >= 11 is 0. The molecule has 2 aromatic rings. The molecule has 126 valence electrons. The first-order valence-electron chi connectivity index (χ1n) is 7.75. The molecule has 0 bridgehead atoms. The summed E-state index contributed by atoms with van der Waals surface area (Å²) in [5, 5.41) is 10.7. The van der Waals surface area contributed by atoms with Gasteiger partial charge in [0, 0.05) is 12.0 Å². The van der Waals surface area contributed by atoms with E-state index in [1.807, 2.05) is 30.3 Å². The number of ether oxygens (including phenoxy) is 3. The van der Waals surface area contributed by atoms with Crippen molar-refractivity contribution in [2.75, 3.05) is 14.2 Å². The zero-order valence-electron chi connectivity index (χ0n) is 13.9. The largest absolute Gasteiger partial charge is 0.496 e. The number of hydrogen-bond acceptors (Lipinski definition) is 5. The predicted molar refractivity (Wildman–Crippen MR) is 89.1 cm³/mol. The van der Waals surface area contributed by atoms with Crippen molar-refractivity contribution in [2.24, 2.45) is 0 Å². The number of carbonyl (C=O) groups excluding carboxylic acids is 1. The lowest BCUT2D eigenvalue weighted by Gasteiger charge is -2.33. The molecule has 2 atom stereocenters. The minimum absolute atomic E-state index is 0.297. The normalized spacial score (nSPS) is 19.2. The summed E-state index contributed by atoms with van der Waals surface area (Å²) in [5.41, 5.74) is 2.41. The molecule has 1 heterocycles. The Labute approximate surface area is 140 Å². The molecule has 0 aliphatic carbocycles. The van der Waals surface area contributed by atoms with Gasteiger partial charge in [-0.3, -0.25) is 4.79 Å². The van der Waals surface area contributed by atoms with Crippen LogP contribution < -0.4 is 14.2 Å². The van der Waals surface area contributed by atoms with Crippen LogP contribution >= 0.6 is 0 Å². The second kappa shape index (κ2) is 6.53. The third-order valence-electron chi connectivity index (χ3n) is 4.39. The molecule has 1 N–H and O–H groups in total. The minimum Gasteiger partial charge on any atom is -0.496 e. The molecule has 5 nitrogen and oxygen atoms in total. The molecular weight excluding hydrogens is 308 g/mol. The Morgan fingerprint density at radius 3 is 2.42 bits per heavy atom. The second-order valence-corrected chi connectivity index (χ2v) is 5.73. The summed E-state index contributed by atoms with van der Waals surface area (Å²) in [4.78, 5) is 11.7. The van der Waals surface area contributed by atoms with Gasteiger partial charge in [-0.25, -0.2) is 0 Å². The van der Waals surface area contributed by atoms with E-state index in [0.29, 0.717) is 46.6 Å². The van der Waals surface area contributed by atoms with Crippen LogP contribution in [0.25, 0.3) is 0 Å². The van der Waals surface area contributed by atoms with Crippen molar-refractivity contribution in [1.29, 1.82) is 0 Å². The number of fused-ring (bicyclic) bond motifs is 1. The SMILES string of the molecule is COc1c(C)c(OC)c2c(c1C=O)O[C@H](c1ccccc1)C[C@H]2O. The Bertz CT molecular complexity index is 754. The van der Waals surface area contributed by atoms with E-state index in [1.54, 1.807) is 6.92 Å².